The van der Waals surface area contributed by atoms with Crippen molar-refractivity contribution in [2.75, 3.05) is 11.9 Å². The molecule has 0 saturated heterocycles. The van der Waals surface area contributed by atoms with Crippen molar-refractivity contribution in [2.45, 2.75) is 20.0 Å². The van der Waals surface area contributed by atoms with Gasteiger partial charge in [-0.1, -0.05) is 35.9 Å². The van der Waals surface area contributed by atoms with E-state index < -0.39 is 6.10 Å². The van der Waals surface area contributed by atoms with E-state index in [9.17, 15) is 9.90 Å². The van der Waals surface area contributed by atoms with E-state index in [0.29, 0.717) is 10.6 Å². The molecule has 1 atom stereocenters. The van der Waals surface area contributed by atoms with Crippen LogP contribution in [0.25, 0.3) is 0 Å². The largest absolute Gasteiger partial charge is 0.387 e. The molecule has 0 aliphatic rings. The summed E-state index contributed by atoms with van der Waals surface area (Å²) in [5.41, 5.74) is 3.60. The monoisotopic (exact) mass is 318 g/mol. The van der Waals surface area contributed by atoms with Crippen molar-refractivity contribution in [3.05, 3.63) is 64.2 Å². The fourth-order valence-electron chi connectivity index (χ4n) is 2.05. The molecule has 0 aromatic heterocycles. The van der Waals surface area contributed by atoms with Crippen LogP contribution in [-0.2, 0) is 0 Å². The fraction of sp³-hybridized carbons (Fsp3) is 0.235. The highest BCUT2D eigenvalue weighted by Gasteiger charge is 2.10. The number of hydrogen-bond donors (Lipinski definition) is 3. The maximum Gasteiger partial charge on any atom is 0.319 e. The highest BCUT2D eigenvalue weighted by Crippen LogP contribution is 2.18. The molecule has 0 radical (unpaired) electrons. The van der Waals surface area contributed by atoms with Gasteiger partial charge in [-0.2, -0.15) is 0 Å². The lowest BCUT2D eigenvalue weighted by Crippen LogP contribution is -2.32. The summed E-state index contributed by atoms with van der Waals surface area (Å²) in [5.74, 6) is 0. The molecule has 0 spiro atoms. The third-order valence-corrected chi connectivity index (χ3v) is 3.82. The maximum atomic E-state index is 11.9. The van der Waals surface area contributed by atoms with Gasteiger partial charge < -0.3 is 15.7 Å². The summed E-state index contributed by atoms with van der Waals surface area (Å²) in [4.78, 5) is 11.9. The normalized spacial score (nSPS) is 11.8. The first-order valence-electron chi connectivity index (χ1n) is 7.02. The second kappa shape index (κ2) is 7.29. The van der Waals surface area contributed by atoms with Crippen molar-refractivity contribution in [2.24, 2.45) is 0 Å². The third kappa shape index (κ3) is 4.23. The van der Waals surface area contributed by atoms with Gasteiger partial charge in [-0.25, -0.2) is 4.79 Å². The minimum absolute atomic E-state index is 0.123. The van der Waals surface area contributed by atoms with Crippen molar-refractivity contribution < 1.29 is 9.90 Å². The van der Waals surface area contributed by atoms with Gasteiger partial charge in [0.25, 0.3) is 0 Å². The molecule has 0 fully saturated rings. The molecule has 2 aromatic carbocycles. The number of anilines is 1. The Balaban J connectivity index is 1.90. The highest BCUT2D eigenvalue weighted by molar-refractivity contribution is 6.30. The van der Waals surface area contributed by atoms with Crippen LogP contribution in [0.4, 0.5) is 10.5 Å². The summed E-state index contributed by atoms with van der Waals surface area (Å²) in [6.07, 6.45) is -0.776. The summed E-state index contributed by atoms with van der Waals surface area (Å²) in [6, 6.07) is 12.3. The van der Waals surface area contributed by atoms with Gasteiger partial charge in [0.15, 0.2) is 0 Å². The second-order valence-corrected chi connectivity index (χ2v) is 5.59. The van der Waals surface area contributed by atoms with Gasteiger partial charge in [0.2, 0.25) is 0 Å². The Kier molecular flexibility index (Phi) is 5.41. The van der Waals surface area contributed by atoms with Crippen molar-refractivity contribution in [1.82, 2.24) is 5.32 Å². The van der Waals surface area contributed by atoms with Crippen LogP contribution in [0, 0.1) is 13.8 Å². The van der Waals surface area contributed by atoms with E-state index in [-0.39, 0.29) is 12.6 Å². The molecule has 2 aromatic rings. The van der Waals surface area contributed by atoms with Crippen LogP contribution < -0.4 is 10.6 Å². The number of halogens is 1. The van der Waals surface area contributed by atoms with Gasteiger partial charge in [0.05, 0.1) is 6.10 Å². The SMILES string of the molecule is Cc1cccc(NC(=O)NCC(O)c2ccc(Cl)cc2)c1C. The van der Waals surface area contributed by atoms with E-state index in [1.165, 1.54) is 0 Å². The minimum Gasteiger partial charge on any atom is -0.387 e. The lowest BCUT2D eigenvalue weighted by Gasteiger charge is -2.14. The van der Waals surface area contributed by atoms with Crippen LogP contribution in [0.2, 0.25) is 5.02 Å². The van der Waals surface area contributed by atoms with E-state index in [1.807, 2.05) is 32.0 Å². The number of hydrogen-bond acceptors (Lipinski definition) is 2. The van der Waals surface area contributed by atoms with Crippen molar-refractivity contribution >= 4 is 23.3 Å². The quantitative estimate of drug-likeness (QED) is 0.802. The molecule has 0 saturated carbocycles. The lowest BCUT2D eigenvalue weighted by atomic mass is 10.1. The van der Waals surface area contributed by atoms with Gasteiger partial charge in [-0.05, 0) is 48.7 Å². The standard InChI is InChI=1S/C17H19ClN2O2/c1-11-4-3-5-15(12(11)2)20-17(22)19-10-16(21)13-6-8-14(18)9-7-13/h3-9,16,21H,10H2,1-2H3,(H2,19,20,22). The number of nitrogens with one attached hydrogen (secondary N) is 2. The molecule has 1 unspecified atom stereocenters. The Morgan fingerprint density at radius 2 is 1.86 bits per heavy atom. The number of carbonyl (C=O) groups excluding carboxylic acids is 1. The molecular formula is C17H19ClN2O2. The topological polar surface area (TPSA) is 61.4 Å². The Bertz CT molecular complexity index is 656. The molecule has 22 heavy (non-hydrogen) atoms. The van der Waals surface area contributed by atoms with Crippen LogP contribution in [-0.4, -0.2) is 17.7 Å². The van der Waals surface area contributed by atoms with E-state index in [2.05, 4.69) is 10.6 Å². The van der Waals surface area contributed by atoms with Crippen LogP contribution in [0.1, 0.15) is 22.8 Å². The van der Waals surface area contributed by atoms with E-state index in [4.69, 9.17) is 11.6 Å². The molecule has 116 valence electrons. The maximum absolute atomic E-state index is 11.9. The van der Waals surface area contributed by atoms with Crippen LogP contribution in [0.5, 0.6) is 0 Å². The summed E-state index contributed by atoms with van der Waals surface area (Å²) >= 11 is 5.80. The fourth-order valence-corrected chi connectivity index (χ4v) is 2.17. The number of aryl methyl sites for hydroxylation is 1. The van der Waals surface area contributed by atoms with Gasteiger partial charge >= 0.3 is 6.03 Å². The lowest BCUT2D eigenvalue weighted by molar-refractivity contribution is 0.175. The smallest absolute Gasteiger partial charge is 0.319 e. The van der Waals surface area contributed by atoms with Crippen molar-refractivity contribution in [3.63, 3.8) is 0 Å². The highest BCUT2D eigenvalue weighted by atomic mass is 35.5. The predicted octanol–water partition coefficient (Wildman–Crippen LogP) is 3.81. The first-order chi connectivity index (χ1) is 10.5. The third-order valence-electron chi connectivity index (χ3n) is 3.56. The molecule has 2 amide bonds. The van der Waals surface area contributed by atoms with E-state index in [0.717, 1.165) is 16.8 Å². The first kappa shape index (κ1) is 16.3. The number of carbonyl (C=O) groups is 1. The Morgan fingerprint density at radius 3 is 2.55 bits per heavy atom. The molecule has 4 nitrogen and oxygen atoms in total. The number of rotatable bonds is 4. The molecule has 3 N–H and O–H groups in total. The average molecular weight is 319 g/mol. The van der Waals surface area contributed by atoms with Crippen molar-refractivity contribution in [1.29, 1.82) is 0 Å². The number of aliphatic hydroxyl groups excluding tert-OH is 1. The molecule has 2 rings (SSSR count). The van der Waals surface area contributed by atoms with Gasteiger partial charge in [-0.15, -0.1) is 0 Å². The Morgan fingerprint density at radius 1 is 1.18 bits per heavy atom. The van der Waals surface area contributed by atoms with Gasteiger partial charge in [0, 0.05) is 17.3 Å². The van der Waals surface area contributed by atoms with Gasteiger partial charge in [-0.3, -0.25) is 0 Å². The number of amides is 2. The van der Waals surface area contributed by atoms with E-state index >= 15 is 0 Å². The van der Waals surface area contributed by atoms with Crippen molar-refractivity contribution in [3.8, 4) is 0 Å². The summed E-state index contributed by atoms with van der Waals surface area (Å²) < 4.78 is 0. The number of urea groups is 1. The molecule has 0 bridgehead atoms. The Labute approximate surface area is 135 Å². The molecule has 5 heteroatoms. The zero-order valence-corrected chi connectivity index (χ0v) is 13.3. The zero-order valence-electron chi connectivity index (χ0n) is 12.6. The number of aliphatic hydroxyl groups is 1. The predicted molar refractivity (Wildman–Crippen MR) is 89.3 cm³/mol. The molecule has 0 heterocycles. The first-order valence-corrected chi connectivity index (χ1v) is 7.40. The summed E-state index contributed by atoms with van der Waals surface area (Å²) in [7, 11) is 0. The van der Waals surface area contributed by atoms with Gasteiger partial charge in [0.1, 0.15) is 0 Å². The minimum atomic E-state index is -0.776. The summed E-state index contributed by atoms with van der Waals surface area (Å²) in [5, 5.41) is 16.1. The molecule has 0 aliphatic carbocycles. The average Bonchev–Trinajstić information content (AvgIpc) is 2.50. The molecular weight excluding hydrogens is 300 g/mol. The molecule has 0 aliphatic heterocycles. The Hall–Kier alpha value is -2.04. The summed E-state index contributed by atoms with van der Waals surface area (Å²) in [6.45, 7) is 4.06. The number of benzene rings is 2. The van der Waals surface area contributed by atoms with Crippen LogP contribution in [0.15, 0.2) is 42.5 Å². The van der Waals surface area contributed by atoms with E-state index in [1.54, 1.807) is 24.3 Å². The van der Waals surface area contributed by atoms with Crippen LogP contribution >= 0.6 is 11.6 Å². The second-order valence-electron chi connectivity index (χ2n) is 5.15. The van der Waals surface area contributed by atoms with Crippen LogP contribution in [0.3, 0.4) is 0 Å². The zero-order chi connectivity index (χ0) is 16.1.